The smallest absolute Gasteiger partial charge is 0.123 e. The molecular formula is C23H26FN3. The molecule has 0 spiro atoms. The quantitative estimate of drug-likeness (QED) is 0.589. The van der Waals surface area contributed by atoms with Crippen LogP contribution in [0.5, 0.6) is 0 Å². The summed E-state index contributed by atoms with van der Waals surface area (Å²) in [7, 11) is 4.18. The summed E-state index contributed by atoms with van der Waals surface area (Å²) in [6.45, 7) is 3.65. The summed E-state index contributed by atoms with van der Waals surface area (Å²) in [6.07, 6.45) is 3.72. The van der Waals surface area contributed by atoms with Crippen molar-refractivity contribution >= 4 is 0 Å². The predicted octanol–water partition coefficient (Wildman–Crippen LogP) is 4.45. The Hall–Kier alpha value is -2.56. The highest BCUT2D eigenvalue weighted by Gasteiger charge is 2.09. The molecule has 3 aromatic rings. The molecule has 0 fully saturated rings. The second kappa shape index (κ2) is 9.40. The van der Waals surface area contributed by atoms with Crippen molar-refractivity contribution in [3.8, 4) is 11.1 Å². The van der Waals surface area contributed by atoms with Crippen LogP contribution in [0.25, 0.3) is 11.1 Å². The molecule has 0 aliphatic heterocycles. The van der Waals surface area contributed by atoms with Crippen LogP contribution in [0.2, 0.25) is 0 Å². The van der Waals surface area contributed by atoms with Crippen molar-refractivity contribution < 1.29 is 4.39 Å². The van der Waals surface area contributed by atoms with Gasteiger partial charge in [-0.15, -0.1) is 0 Å². The summed E-state index contributed by atoms with van der Waals surface area (Å²) < 4.78 is 13.6. The Morgan fingerprint density at radius 3 is 2.22 bits per heavy atom. The number of aromatic nitrogens is 1. The van der Waals surface area contributed by atoms with Crippen LogP contribution in [0.15, 0.2) is 73.1 Å². The predicted molar refractivity (Wildman–Crippen MR) is 109 cm³/mol. The molecule has 0 unspecified atom stereocenters. The Morgan fingerprint density at radius 1 is 0.815 bits per heavy atom. The third-order valence-corrected chi connectivity index (χ3v) is 4.48. The fraction of sp³-hybridized carbons (Fsp3) is 0.261. The number of rotatable bonds is 8. The summed E-state index contributed by atoms with van der Waals surface area (Å²) >= 11 is 0. The molecule has 0 amide bonds. The van der Waals surface area contributed by atoms with Crippen molar-refractivity contribution in [1.29, 1.82) is 0 Å². The largest absolute Gasteiger partial charge is 0.308 e. The molecule has 0 bridgehead atoms. The minimum Gasteiger partial charge on any atom is -0.308 e. The van der Waals surface area contributed by atoms with Crippen LogP contribution in [-0.2, 0) is 13.1 Å². The molecule has 4 heteroatoms. The van der Waals surface area contributed by atoms with Gasteiger partial charge in [-0.3, -0.25) is 9.88 Å². The molecule has 0 saturated carbocycles. The summed E-state index contributed by atoms with van der Waals surface area (Å²) in [4.78, 5) is 8.84. The molecule has 0 aliphatic rings. The zero-order chi connectivity index (χ0) is 19.1. The van der Waals surface area contributed by atoms with E-state index in [9.17, 15) is 4.39 Å². The normalized spacial score (nSPS) is 11.3. The Balaban J connectivity index is 1.77. The number of pyridine rings is 1. The molecule has 0 N–H and O–H groups in total. The second-order valence-corrected chi connectivity index (χ2v) is 7.09. The van der Waals surface area contributed by atoms with Gasteiger partial charge in [0, 0.05) is 38.6 Å². The molecule has 3 nitrogen and oxygen atoms in total. The van der Waals surface area contributed by atoms with Gasteiger partial charge in [0.1, 0.15) is 5.82 Å². The van der Waals surface area contributed by atoms with Gasteiger partial charge in [0.25, 0.3) is 0 Å². The van der Waals surface area contributed by atoms with E-state index in [-0.39, 0.29) is 5.82 Å². The molecule has 2 aromatic carbocycles. The van der Waals surface area contributed by atoms with Crippen LogP contribution in [0.4, 0.5) is 4.39 Å². The number of halogens is 1. The van der Waals surface area contributed by atoms with E-state index in [2.05, 4.69) is 47.1 Å². The number of likely N-dealkylation sites (N-methyl/N-ethyl adjacent to an activating group) is 1. The van der Waals surface area contributed by atoms with Gasteiger partial charge in [0.15, 0.2) is 0 Å². The van der Waals surface area contributed by atoms with Crippen LogP contribution in [0.3, 0.4) is 0 Å². The molecular weight excluding hydrogens is 337 g/mol. The zero-order valence-electron chi connectivity index (χ0n) is 16.0. The first-order valence-corrected chi connectivity index (χ1v) is 9.21. The standard InChI is InChI=1S/C23H26FN3/c1-26(2)12-13-27(18-20-7-5-11-25-16-20)17-19-6-3-8-21(14-19)22-9-4-10-23(24)15-22/h3-11,14-16H,12-13,17-18H2,1-2H3. The van der Waals surface area contributed by atoms with E-state index in [1.165, 1.54) is 17.2 Å². The Bertz CT molecular complexity index is 849. The van der Waals surface area contributed by atoms with Crippen LogP contribution < -0.4 is 0 Å². The number of benzene rings is 2. The number of nitrogens with zero attached hydrogens (tertiary/aromatic N) is 3. The highest BCUT2D eigenvalue weighted by molar-refractivity contribution is 5.64. The zero-order valence-corrected chi connectivity index (χ0v) is 16.0. The van der Waals surface area contributed by atoms with Gasteiger partial charge in [0.05, 0.1) is 0 Å². The summed E-state index contributed by atoms with van der Waals surface area (Å²) in [5.41, 5.74) is 4.38. The lowest BCUT2D eigenvalue weighted by atomic mass is 10.0. The summed E-state index contributed by atoms with van der Waals surface area (Å²) in [5.74, 6) is -0.206. The third kappa shape index (κ3) is 5.98. The Kier molecular flexibility index (Phi) is 6.69. The van der Waals surface area contributed by atoms with Crippen molar-refractivity contribution in [2.75, 3.05) is 27.2 Å². The fourth-order valence-electron chi connectivity index (χ4n) is 3.08. The van der Waals surface area contributed by atoms with Gasteiger partial charge in [-0.05, 0) is 60.6 Å². The van der Waals surface area contributed by atoms with Gasteiger partial charge >= 0.3 is 0 Å². The molecule has 27 heavy (non-hydrogen) atoms. The molecule has 0 aliphatic carbocycles. The Labute approximate surface area is 161 Å². The van der Waals surface area contributed by atoms with Gasteiger partial charge in [-0.2, -0.15) is 0 Å². The maximum Gasteiger partial charge on any atom is 0.123 e. The SMILES string of the molecule is CN(C)CCN(Cc1cccnc1)Cc1cccc(-c2cccc(F)c2)c1. The van der Waals surface area contributed by atoms with Crippen LogP contribution >= 0.6 is 0 Å². The maximum atomic E-state index is 13.6. The van der Waals surface area contributed by atoms with E-state index in [4.69, 9.17) is 0 Å². The Morgan fingerprint density at radius 2 is 1.52 bits per heavy atom. The van der Waals surface area contributed by atoms with Crippen LogP contribution in [0.1, 0.15) is 11.1 Å². The van der Waals surface area contributed by atoms with E-state index in [0.29, 0.717) is 0 Å². The molecule has 1 aromatic heterocycles. The van der Waals surface area contributed by atoms with E-state index in [1.807, 2.05) is 30.5 Å². The first-order valence-electron chi connectivity index (χ1n) is 9.21. The maximum absolute atomic E-state index is 13.6. The van der Waals surface area contributed by atoms with E-state index >= 15 is 0 Å². The summed E-state index contributed by atoms with van der Waals surface area (Å²) in [5, 5.41) is 0. The molecule has 3 rings (SSSR count). The van der Waals surface area contributed by atoms with Crippen molar-refractivity contribution in [3.05, 3.63) is 90.0 Å². The molecule has 0 saturated heterocycles. The van der Waals surface area contributed by atoms with Crippen LogP contribution in [-0.4, -0.2) is 42.0 Å². The summed E-state index contributed by atoms with van der Waals surface area (Å²) in [6, 6.07) is 19.2. The average Bonchev–Trinajstić information content (AvgIpc) is 2.67. The van der Waals surface area contributed by atoms with Gasteiger partial charge in [-0.25, -0.2) is 4.39 Å². The fourth-order valence-corrected chi connectivity index (χ4v) is 3.08. The van der Waals surface area contributed by atoms with Gasteiger partial charge < -0.3 is 4.90 Å². The highest BCUT2D eigenvalue weighted by Crippen LogP contribution is 2.22. The van der Waals surface area contributed by atoms with E-state index in [0.717, 1.165) is 37.3 Å². The molecule has 1 heterocycles. The minimum absolute atomic E-state index is 0.206. The second-order valence-electron chi connectivity index (χ2n) is 7.09. The molecule has 140 valence electrons. The monoisotopic (exact) mass is 363 g/mol. The average molecular weight is 363 g/mol. The van der Waals surface area contributed by atoms with Crippen molar-refractivity contribution in [2.45, 2.75) is 13.1 Å². The minimum atomic E-state index is -0.206. The first kappa shape index (κ1) is 19.2. The lowest BCUT2D eigenvalue weighted by molar-refractivity contribution is 0.226. The topological polar surface area (TPSA) is 19.4 Å². The lowest BCUT2D eigenvalue weighted by Crippen LogP contribution is -2.31. The van der Waals surface area contributed by atoms with Crippen molar-refractivity contribution in [3.63, 3.8) is 0 Å². The first-order chi connectivity index (χ1) is 13.1. The molecule has 0 atom stereocenters. The van der Waals surface area contributed by atoms with Crippen LogP contribution in [0, 0.1) is 5.82 Å². The lowest BCUT2D eigenvalue weighted by Gasteiger charge is -2.24. The highest BCUT2D eigenvalue weighted by atomic mass is 19.1. The van der Waals surface area contributed by atoms with Crippen molar-refractivity contribution in [1.82, 2.24) is 14.8 Å². The number of hydrogen-bond acceptors (Lipinski definition) is 3. The van der Waals surface area contributed by atoms with Gasteiger partial charge in [-0.1, -0.05) is 36.4 Å². The third-order valence-electron chi connectivity index (χ3n) is 4.48. The van der Waals surface area contributed by atoms with E-state index in [1.54, 1.807) is 18.3 Å². The van der Waals surface area contributed by atoms with Gasteiger partial charge in [0.2, 0.25) is 0 Å². The number of hydrogen-bond donors (Lipinski definition) is 0. The van der Waals surface area contributed by atoms with Crippen molar-refractivity contribution in [2.24, 2.45) is 0 Å². The molecule has 0 radical (unpaired) electrons. The van der Waals surface area contributed by atoms with E-state index < -0.39 is 0 Å².